The lowest BCUT2D eigenvalue weighted by molar-refractivity contribution is -0.385. The predicted molar refractivity (Wildman–Crippen MR) is 231 cm³/mol. The average molecular weight is 953 g/mol. The van der Waals surface area contributed by atoms with E-state index in [1.54, 1.807) is 26.8 Å². The Morgan fingerprint density at radius 3 is 1.26 bits per heavy atom. The minimum Gasteiger partial charge on any atom is -0.480 e. The number of aliphatic carboxylic acids is 4. The zero-order valence-electron chi connectivity index (χ0n) is 35.9. The minimum atomic E-state index is -1.21. The number of benzene rings is 4. The molecule has 28 nitrogen and oxygen atoms in total. The Labute approximate surface area is 381 Å². The van der Waals surface area contributed by atoms with Gasteiger partial charge in [-0.3, -0.25) is 78.8 Å². The fourth-order valence-corrected chi connectivity index (χ4v) is 5.15. The molecule has 68 heavy (non-hydrogen) atoms. The molecule has 0 aliphatic heterocycles. The molecule has 0 atom stereocenters. The van der Waals surface area contributed by atoms with Crippen LogP contribution >= 0.6 is 0 Å². The summed E-state index contributed by atoms with van der Waals surface area (Å²) >= 11 is 0. The molecule has 4 amide bonds. The Morgan fingerprint density at radius 1 is 0.426 bits per heavy atom. The molecule has 0 aliphatic carbocycles. The Kier molecular flexibility index (Phi) is 22.1. The second-order valence-corrected chi connectivity index (χ2v) is 13.3. The summed E-state index contributed by atoms with van der Waals surface area (Å²) in [7, 11) is 0. The quantitative estimate of drug-likeness (QED) is 0.0591. The highest BCUT2D eigenvalue weighted by molar-refractivity contribution is 6.01. The lowest BCUT2D eigenvalue weighted by atomic mass is 10.1. The van der Waals surface area contributed by atoms with Crippen molar-refractivity contribution in [1.29, 1.82) is 0 Å². The van der Waals surface area contributed by atoms with Gasteiger partial charge in [0.2, 0.25) is 0 Å². The maximum absolute atomic E-state index is 11.6. The fourth-order valence-electron chi connectivity index (χ4n) is 5.15. The van der Waals surface area contributed by atoms with Crippen LogP contribution in [0.1, 0.15) is 63.7 Å². The number of rotatable bonds is 16. The van der Waals surface area contributed by atoms with Crippen molar-refractivity contribution in [2.75, 3.05) is 26.2 Å². The molecule has 4 aromatic rings. The molecule has 8 N–H and O–H groups in total. The van der Waals surface area contributed by atoms with Gasteiger partial charge >= 0.3 is 23.9 Å². The van der Waals surface area contributed by atoms with E-state index in [1.807, 2.05) is 0 Å². The zero-order chi connectivity index (χ0) is 52.0. The maximum Gasteiger partial charge on any atom is 0.322 e. The van der Waals surface area contributed by atoms with Crippen molar-refractivity contribution in [3.8, 4) is 0 Å². The van der Waals surface area contributed by atoms with E-state index in [1.165, 1.54) is 67.6 Å². The molecule has 28 heteroatoms. The summed E-state index contributed by atoms with van der Waals surface area (Å²) in [5.74, 6) is -7.35. The zero-order valence-corrected chi connectivity index (χ0v) is 35.9. The largest absolute Gasteiger partial charge is 0.480 e. The molecular formula is C40H40N8O20. The highest BCUT2D eigenvalue weighted by Crippen LogP contribution is 2.23. The SMILES string of the molecule is Cc1c(C(=O)NCC(=O)O)cccc1[N+](=O)[O-].Cc1cc([N+](=O)[O-])ccc1C(=O)NCC(=O)O.Cc1ccc([N+](=O)[O-])cc1C(=O)NCC(=O)O.Cc1cccc([N+](=O)[O-])c1C(=O)NCC(=O)O. The fraction of sp³-hybridized carbons (Fsp3) is 0.200. The van der Waals surface area contributed by atoms with Gasteiger partial charge in [0.05, 0.1) is 19.7 Å². The van der Waals surface area contributed by atoms with E-state index in [9.17, 15) is 78.8 Å². The smallest absolute Gasteiger partial charge is 0.322 e. The van der Waals surface area contributed by atoms with E-state index < -0.39 is 93.4 Å². The Hall–Kier alpha value is -9.76. The first kappa shape index (κ1) is 56.3. The van der Waals surface area contributed by atoms with Gasteiger partial charge in [0.25, 0.3) is 46.4 Å². The number of amides is 4. The number of nitro groups is 4. The highest BCUT2D eigenvalue weighted by Gasteiger charge is 2.23. The van der Waals surface area contributed by atoms with E-state index in [2.05, 4.69) is 21.3 Å². The number of hydrogen-bond donors (Lipinski definition) is 8. The summed E-state index contributed by atoms with van der Waals surface area (Å²) in [6.45, 7) is 4.01. The van der Waals surface area contributed by atoms with Crippen LogP contribution < -0.4 is 21.3 Å². The van der Waals surface area contributed by atoms with Crippen LogP contribution in [0.25, 0.3) is 0 Å². The van der Waals surface area contributed by atoms with Gasteiger partial charge in [0.15, 0.2) is 0 Å². The molecule has 0 heterocycles. The molecule has 360 valence electrons. The van der Waals surface area contributed by atoms with Crippen LogP contribution in [0.3, 0.4) is 0 Å². The molecule has 0 bridgehead atoms. The summed E-state index contributed by atoms with van der Waals surface area (Å²) in [6.07, 6.45) is 0. The van der Waals surface area contributed by atoms with Crippen LogP contribution in [0.4, 0.5) is 22.7 Å². The summed E-state index contributed by atoms with van der Waals surface area (Å²) in [5.41, 5.74) is 1.05. The molecule has 0 spiro atoms. The number of non-ortho nitro benzene ring substituents is 2. The number of carboxylic acid groups (broad SMARTS) is 4. The summed E-state index contributed by atoms with van der Waals surface area (Å²) in [5, 5.41) is 84.5. The Bertz CT molecular complexity index is 2620. The summed E-state index contributed by atoms with van der Waals surface area (Å²) in [4.78, 5) is 127. The second kappa shape index (κ2) is 26.8. The number of carboxylic acids is 4. The van der Waals surface area contributed by atoms with Crippen LogP contribution in [0.2, 0.25) is 0 Å². The van der Waals surface area contributed by atoms with E-state index in [-0.39, 0.29) is 50.6 Å². The van der Waals surface area contributed by atoms with E-state index in [0.29, 0.717) is 16.7 Å². The molecule has 0 aliphatic rings. The third-order valence-electron chi connectivity index (χ3n) is 8.36. The van der Waals surface area contributed by atoms with Crippen molar-refractivity contribution in [3.63, 3.8) is 0 Å². The molecule has 0 aromatic heterocycles. The Balaban J connectivity index is 0.000000453. The van der Waals surface area contributed by atoms with E-state index in [0.717, 1.165) is 6.07 Å². The van der Waals surface area contributed by atoms with Crippen LogP contribution in [-0.2, 0) is 19.2 Å². The van der Waals surface area contributed by atoms with Crippen LogP contribution in [0.15, 0.2) is 72.8 Å². The lowest BCUT2D eigenvalue weighted by Crippen LogP contribution is -2.30. The molecule has 0 saturated heterocycles. The number of carbonyl (C=O) groups excluding carboxylic acids is 4. The van der Waals surface area contributed by atoms with Crippen molar-refractivity contribution in [2.24, 2.45) is 0 Å². The van der Waals surface area contributed by atoms with Crippen molar-refractivity contribution in [2.45, 2.75) is 27.7 Å². The number of hydrogen-bond acceptors (Lipinski definition) is 16. The molecule has 4 rings (SSSR count). The van der Waals surface area contributed by atoms with Gasteiger partial charge < -0.3 is 41.7 Å². The van der Waals surface area contributed by atoms with Crippen LogP contribution in [0.5, 0.6) is 0 Å². The third kappa shape index (κ3) is 18.5. The van der Waals surface area contributed by atoms with Gasteiger partial charge in [-0.25, -0.2) is 0 Å². The maximum atomic E-state index is 11.6. The van der Waals surface area contributed by atoms with E-state index in [4.69, 9.17) is 20.4 Å². The number of aryl methyl sites for hydroxylation is 3. The topological polar surface area (TPSA) is 438 Å². The van der Waals surface area contributed by atoms with Crippen molar-refractivity contribution < 1.29 is 78.5 Å². The standard InChI is InChI=1S/4C10H10N2O5/c1-6-4-7(12(16)17)2-3-8(6)10(15)11-5-9(13)14;1-6-2-3-7(12(16)17)4-8(6)10(15)11-5-9(13)14;1-6-7(10(15)11-5-9(13)14)3-2-4-8(6)12(16)17;1-6-3-2-4-7(12(16)17)9(6)10(15)11-5-8(13)14/h4*2-4H,5H2,1H3,(H,11,15)(H,13,14). The number of nitrogens with one attached hydrogen (secondary N) is 4. The van der Waals surface area contributed by atoms with Crippen LogP contribution in [-0.4, -0.2) is 114 Å². The molecular weight excluding hydrogens is 912 g/mol. The first-order valence-corrected chi connectivity index (χ1v) is 18.7. The van der Waals surface area contributed by atoms with E-state index >= 15 is 0 Å². The average Bonchev–Trinajstić information content (AvgIpc) is 3.26. The lowest BCUT2D eigenvalue weighted by Gasteiger charge is -2.06. The predicted octanol–water partition coefficient (Wildman–Crippen LogP) is 2.87. The first-order valence-electron chi connectivity index (χ1n) is 18.7. The van der Waals surface area contributed by atoms with Gasteiger partial charge in [0, 0.05) is 58.7 Å². The van der Waals surface area contributed by atoms with Gasteiger partial charge in [-0.1, -0.05) is 24.3 Å². The Morgan fingerprint density at radius 2 is 0.824 bits per heavy atom. The number of nitrogens with zero attached hydrogens (tertiary/aromatic N) is 4. The molecule has 0 radical (unpaired) electrons. The van der Waals surface area contributed by atoms with Gasteiger partial charge in [-0.2, -0.15) is 0 Å². The van der Waals surface area contributed by atoms with Gasteiger partial charge in [0.1, 0.15) is 31.7 Å². The number of nitro benzene ring substituents is 4. The third-order valence-corrected chi connectivity index (χ3v) is 8.36. The minimum absolute atomic E-state index is 0.0976. The number of carbonyl (C=O) groups is 8. The second-order valence-electron chi connectivity index (χ2n) is 13.3. The van der Waals surface area contributed by atoms with Gasteiger partial charge in [-0.05, 0) is 56.5 Å². The molecule has 4 aromatic carbocycles. The molecule has 0 saturated carbocycles. The van der Waals surface area contributed by atoms with Crippen molar-refractivity contribution >= 4 is 70.3 Å². The monoisotopic (exact) mass is 952 g/mol. The summed E-state index contributed by atoms with van der Waals surface area (Å²) in [6, 6.07) is 15.9. The summed E-state index contributed by atoms with van der Waals surface area (Å²) < 4.78 is 0. The molecule has 0 unspecified atom stereocenters. The normalized spacial score (nSPS) is 9.71. The van der Waals surface area contributed by atoms with Crippen molar-refractivity contribution in [1.82, 2.24) is 21.3 Å². The molecule has 0 fully saturated rings. The van der Waals surface area contributed by atoms with Crippen LogP contribution in [0, 0.1) is 68.2 Å². The van der Waals surface area contributed by atoms with Crippen molar-refractivity contribution in [3.05, 3.63) is 158 Å². The highest BCUT2D eigenvalue weighted by atomic mass is 16.6. The first-order chi connectivity index (χ1) is 31.7. The van der Waals surface area contributed by atoms with Gasteiger partial charge in [-0.15, -0.1) is 0 Å².